The van der Waals surface area contributed by atoms with E-state index in [4.69, 9.17) is 5.73 Å². The summed E-state index contributed by atoms with van der Waals surface area (Å²) < 4.78 is 1.42. The number of thiazole rings is 1. The summed E-state index contributed by atoms with van der Waals surface area (Å²) >= 11 is 1.45. The molecule has 0 saturated carbocycles. The normalized spacial score (nSPS) is 12.6. The Kier molecular flexibility index (Phi) is 2.57. The fraction of sp³-hybridized carbons (Fsp3) is 0.250. The Morgan fingerprint density at radius 2 is 2.38 bits per heavy atom. The molecule has 0 aliphatic heterocycles. The lowest BCUT2D eigenvalue weighted by Crippen LogP contribution is -2.10. The van der Waals surface area contributed by atoms with Gasteiger partial charge in [0.2, 0.25) is 5.82 Å². The maximum atomic E-state index is 10.6. The molecule has 0 aromatic carbocycles. The van der Waals surface area contributed by atoms with Gasteiger partial charge in [0.1, 0.15) is 6.20 Å². The molecular formula is C8H9N5O2S. The molecule has 0 spiro atoms. The lowest BCUT2D eigenvalue weighted by molar-refractivity contribution is -0.384. The number of rotatable bonds is 3. The van der Waals surface area contributed by atoms with Gasteiger partial charge in [-0.05, 0) is 6.92 Å². The van der Waals surface area contributed by atoms with Gasteiger partial charge in [-0.1, -0.05) is 0 Å². The minimum absolute atomic E-state index is 0.0610. The Morgan fingerprint density at radius 3 is 2.88 bits per heavy atom. The summed E-state index contributed by atoms with van der Waals surface area (Å²) in [5.41, 5.74) is 7.18. The van der Waals surface area contributed by atoms with E-state index >= 15 is 0 Å². The smallest absolute Gasteiger partial charge is 0.330 e. The molecule has 0 aliphatic rings. The van der Waals surface area contributed by atoms with Crippen LogP contribution in [0.5, 0.6) is 0 Å². The quantitative estimate of drug-likeness (QED) is 0.645. The third-order valence-corrected chi connectivity index (χ3v) is 3.19. The maximum Gasteiger partial charge on any atom is 0.330 e. The number of hydrogen-bond acceptors (Lipinski definition) is 6. The Morgan fingerprint density at radius 1 is 1.62 bits per heavy atom. The lowest BCUT2D eigenvalue weighted by Gasteiger charge is -2.10. The summed E-state index contributed by atoms with van der Waals surface area (Å²) in [5, 5.41) is 14.5. The van der Waals surface area contributed by atoms with Crippen LogP contribution in [0.15, 0.2) is 17.9 Å². The van der Waals surface area contributed by atoms with Crippen LogP contribution in [0.4, 0.5) is 11.5 Å². The third-order valence-electron chi connectivity index (χ3n) is 2.24. The molecule has 84 valence electrons. The van der Waals surface area contributed by atoms with Gasteiger partial charge in [0.25, 0.3) is 0 Å². The van der Waals surface area contributed by atoms with Crippen molar-refractivity contribution in [2.24, 2.45) is 0 Å². The fourth-order valence-corrected chi connectivity index (χ4v) is 2.03. The molecule has 2 heterocycles. The largest absolute Gasteiger partial charge is 0.378 e. The summed E-state index contributed by atoms with van der Waals surface area (Å²) in [6.07, 6.45) is 2.86. The summed E-state index contributed by atoms with van der Waals surface area (Å²) in [6.45, 7) is 1.86. The van der Waals surface area contributed by atoms with Crippen LogP contribution in [0.1, 0.15) is 17.8 Å². The van der Waals surface area contributed by atoms with Crippen molar-refractivity contribution < 1.29 is 4.92 Å². The topological polar surface area (TPSA) is 99.9 Å². The van der Waals surface area contributed by atoms with E-state index in [0.717, 1.165) is 11.1 Å². The van der Waals surface area contributed by atoms with Gasteiger partial charge in [0.15, 0.2) is 0 Å². The van der Waals surface area contributed by atoms with Gasteiger partial charge in [-0.25, -0.2) is 4.68 Å². The molecule has 0 bridgehead atoms. The van der Waals surface area contributed by atoms with E-state index in [1.807, 2.05) is 6.92 Å². The van der Waals surface area contributed by atoms with Crippen molar-refractivity contribution in [1.82, 2.24) is 14.8 Å². The van der Waals surface area contributed by atoms with Gasteiger partial charge in [-0.2, -0.15) is 5.10 Å². The SMILES string of the molecule is CC(c1cncs1)n1ncc([N+](=O)[O-])c1N. The van der Waals surface area contributed by atoms with Crippen LogP contribution in [0.3, 0.4) is 0 Å². The highest BCUT2D eigenvalue weighted by Gasteiger charge is 2.21. The zero-order chi connectivity index (χ0) is 11.7. The predicted molar refractivity (Wildman–Crippen MR) is 59.2 cm³/mol. The average Bonchev–Trinajstić information content (AvgIpc) is 2.84. The van der Waals surface area contributed by atoms with Gasteiger partial charge in [-0.15, -0.1) is 11.3 Å². The van der Waals surface area contributed by atoms with E-state index in [2.05, 4.69) is 10.1 Å². The molecule has 0 radical (unpaired) electrons. The van der Waals surface area contributed by atoms with Crippen molar-refractivity contribution >= 4 is 22.8 Å². The van der Waals surface area contributed by atoms with Crippen LogP contribution in [0.25, 0.3) is 0 Å². The molecule has 16 heavy (non-hydrogen) atoms. The van der Waals surface area contributed by atoms with Crippen LogP contribution in [0.2, 0.25) is 0 Å². The predicted octanol–water partition coefficient (Wildman–Crippen LogP) is 1.44. The Labute approximate surface area is 94.7 Å². The zero-order valence-electron chi connectivity index (χ0n) is 8.40. The van der Waals surface area contributed by atoms with E-state index < -0.39 is 4.92 Å². The molecular weight excluding hydrogens is 230 g/mol. The van der Waals surface area contributed by atoms with Gasteiger partial charge >= 0.3 is 5.69 Å². The summed E-state index contributed by atoms with van der Waals surface area (Å²) in [6, 6.07) is -0.152. The Balaban J connectivity index is 2.38. The summed E-state index contributed by atoms with van der Waals surface area (Å²) in [5.74, 6) is 0.0610. The highest BCUT2D eigenvalue weighted by molar-refractivity contribution is 7.09. The fourth-order valence-electron chi connectivity index (χ4n) is 1.36. The first kappa shape index (κ1) is 10.6. The summed E-state index contributed by atoms with van der Waals surface area (Å²) in [7, 11) is 0. The monoisotopic (exact) mass is 239 g/mol. The van der Waals surface area contributed by atoms with Crippen molar-refractivity contribution in [2.75, 3.05) is 5.73 Å². The van der Waals surface area contributed by atoms with Crippen molar-refractivity contribution in [3.63, 3.8) is 0 Å². The number of nitrogens with zero attached hydrogens (tertiary/aromatic N) is 4. The molecule has 2 N–H and O–H groups in total. The zero-order valence-corrected chi connectivity index (χ0v) is 9.22. The molecule has 1 atom stereocenters. The van der Waals surface area contributed by atoms with E-state index in [0.29, 0.717) is 0 Å². The number of hydrogen-bond donors (Lipinski definition) is 1. The van der Waals surface area contributed by atoms with Crippen LogP contribution in [-0.2, 0) is 0 Å². The van der Waals surface area contributed by atoms with E-state index in [1.165, 1.54) is 16.0 Å². The highest BCUT2D eigenvalue weighted by atomic mass is 32.1. The van der Waals surface area contributed by atoms with Crippen LogP contribution in [0, 0.1) is 10.1 Å². The Hall–Kier alpha value is -1.96. The second kappa shape index (κ2) is 3.89. The van der Waals surface area contributed by atoms with E-state index in [1.54, 1.807) is 11.7 Å². The van der Waals surface area contributed by atoms with Crippen molar-refractivity contribution in [3.05, 3.63) is 32.9 Å². The van der Waals surface area contributed by atoms with Gasteiger partial charge in [-0.3, -0.25) is 15.1 Å². The molecule has 0 fully saturated rings. The van der Waals surface area contributed by atoms with Gasteiger partial charge in [0.05, 0.1) is 16.5 Å². The Bertz CT molecular complexity index is 506. The number of aromatic nitrogens is 3. The molecule has 2 aromatic rings. The third kappa shape index (κ3) is 1.63. The standard InChI is InChI=1S/C8H9N5O2S/c1-5(7-3-10-4-16-7)12-8(9)6(2-11-12)13(14)15/h2-5H,9H2,1H3. The molecule has 1 unspecified atom stereocenters. The molecule has 7 nitrogen and oxygen atoms in total. The number of nitrogen functional groups attached to an aromatic ring is 1. The first-order valence-electron chi connectivity index (χ1n) is 4.47. The number of nitrogens with two attached hydrogens (primary N) is 1. The van der Waals surface area contributed by atoms with Gasteiger partial charge < -0.3 is 5.73 Å². The minimum atomic E-state index is -0.543. The molecule has 0 aliphatic carbocycles. The second-order valence-electron chi connectivity index (χ2n) is 3.20. The van der Waals surface area contributed by atoms with Crippen molar-refractivity contribution in [1.29, 1.82) is 0 Å². The van der Waals surface area contributed by atoms with E-state index in [-0.39, 0.29) is 17.5 Å². The molecule has 8 heteroatoms. The first-order chi connectivity index (χ1) is 7.61. The average molecular weight is 239 g/mol. The van der Waals surface area contributed by atoms with Crippen molar-refractivity contribution in [2.45, 2.75) is 13.0 Å². The number of anilines is 1. The second-order valence-corrected chi connectivity index (χ2v) is 4.11. The van der Waals surface area contributed by atoms with Crippen LogP contribution >= 0.6 is 11.3 Å². The van der Waals surface area contributed by atoms with Crippen molar-refractivity contribution in [3.8, 4) is 0 Å². The highest BCUT2D eigenvalue weighted by Crippen LogP contribution is 2.28. The first-order valence-corrected chi connectivity index (χ1v) is 5.35. The molecule has 2 aromatic heterocycles. The van der Waals surface area contributed by atoms with E-state index in [9.17, 15) is 10.1 Å². The lowest BCUT2D eigenvalue weighted by atomic mass is 10.3. The molecule has 2 rings (SSSR count). The van der Waals surface area contributed by atoms with Gasteiger partial charge in [0, 0.05) is 11.1 Å². The number of nitro groups is 1. The van der Waals surface area contributed by atoms with Crippen LogP contribution in [-0.4, -0.2) is 19.7 Å². The molecule has 0 saturated heterocycles. The summed E-state index contributed by atoms with van der Waals surface area (Å²) in [4.78, 5) is 15.0. The minimum Gasteiger partial charge on any atom is -0.378 e. The maximum absolute atomic E-state index is 10.6. The molecule has 0 amide bonds. The van der Waals surface area contributed by atoms with Crippen LogP contribution < -0.4 is 5.73 Å².